The minimum atomic E-state index is -1.53. The Balaban J connectivity index is -0.000000293. The van der Waals surface area contributed by atoms with Crippen LogP contribution in [0.4, 0.5) is 0 Å². The SMILES string of the molecule is C/C(=C/C(=O)[O-])C(=O)[O-].C/C(=C/C(=O)[O-])C(=O)[O-].C[CH](C)[Sn+4][CH](C)C. The first-order valence-electron chi connectivity index (χ1n) is 7.17. The third-order valence-electron chi connectivity index (χ3n) is 1.98. The zero-order chi connectivity index (χ0) is 20.7. The molecule has 0 spiro atoms. The molecule has 0 rings (SSSR count). The summed E-state index contributed by atoms with van der Waals surface area (Å²) in [6.07, 6.45) is 0.935. The van der Waals surface area contributed by atoms with Gasteiger partial charge in [0.05, 0.1) is 23.9 Å². The van der Waals surface area contributed by atoms with Gasteiger partial charge in [-0.15, -0.1) is 0 Å². The van der Waals surface area contributed by atoms with Gasteiger partial charge in [-0.25, -0.2) is 0 Å². The summed E-state index contributed by atoms with van der Waals surface area (Å²) >= 11 is 0.0389. The maximum atomic E-state index is 9.76. The van der Waals surface area contributed by atoms with Crippen molar-refractivity contribution in [2.24, 2.45) is 0 Å². The molecular weight excluding hydrogens is 439 g/mol. The third-order valence-corrected chi connectivity index (χ3v) is 5.78. The van der Waals surface area contributed by atoms with E-state index in [1.54, 1.807) is 0 Å². The molecule has 0 unspecified atom stereocenters. The number of carbonyl (C=O) groups excluding carboxylic acids is 4. The molecule has 0 fully saturated rings. The summed E-state index contributed by atoms with van der Waals surface area (Å²) in [7, 11) is 0. The van der Waals surface area contributed by atoms with Gasteiger partial charge in [-0.2, -0.15) is 0 Å². The van der Waals surface area contributed by atoms with Gasteiger partial charge >= 0.3 is 56.7 Å². The van der Waals surface area contributed by atoms with Crippen LogP contribution >= 0.6 is 0 Å². The quantitative estimate of drug-likeness (QED) is 0.303. The molecule has 0 atom stereocenters. The molecule has 25 heavy (non-hydrogen) atoms. The first-order valence-corrected chi connectivity index (χ1v) is 10.5. The van der Waals surface area contributed by atoms with Crippen LogP contribution in [-0.4, -0.2) is 45.0 Å². The van der Waals surface area contributed by atoms with Gasteiger partial charge in [-0.05, 0) is 37.1 Å². The van der Waals surface area contributed by atoms with Gasteiger partial charge in [-0.3, -0.25) is 0 Å². The van der Waals surface area contributed by atoms with E-state index in [0.717, 1.165) is 21.7 Å². The van der Waals surface area contributed by atoms with Crippen LogP contribution in [0.15, 0.2) is 23.3 Å². The maximum absolute atomic E-state index is 9.76. The van der Waals surface area contributed by atoms with Crippen molar-refractivity contribution in [3.63, 3.8) is 0 Å². The van der Waals surface area contributed by atoms with Gasteiger partial charge in [0, 0.05) is 0 Å². The van der Waals surface area contributed by atoms with Crippen molar-refractivity contribution in [1.82, 2.24) is 0 Å². The van der Waals surface area contributed by atoms with Crippen molar-refractivity contribution in [2.45, 2.75) is 49.4 Å². The van der Waals surface area contributed by atoms with Crippen molar-refractivity contribution < 1.29 is 39.6 Å². The molecule has 0 aliphatic heterocycles. The Morgan fingerprint density at radius 1 is 0.680 bits per heavy atom. The van der Waals surface area contributed by atoms with Crippen LogP contribution in [-0.2, 0) is 19.2 Å². The monoisotopic (exact) mass is 462 g/mol. The molecule has 9 heteroatoms. The summed E-state index contributed by atoms with van der Waals surface area (Å²) in [6, 6.07) is 0. The van der Waals surface area contributed by atoms with Crippen LogP contribution < -0.4 is 20.4 Å². The van der Waals surface area contributed by atoms with E-state index in [1.807, 2.05) is 0 Å². The summed E-state index contributed by atoms with van der Waals surface area (Å²) in [5, 5.41) is 38.8. The average Bonchev–Trinajstić information content (AvgIpc) is 2.36. The molecule has 0 N–H and O–H groups in total. The molecule has 6 radical (unpaired) electrons. The molecule has 0 aromatic heterocycles. The summed E-state index contributed by atoms with van der Waals surface area (Å²) in [4.78, 5) is 38.8. The van der Waals surface area contributed by atoms with Gasteiger partial charge in [0.2, 0.25) is 0 Å². The van der Waals surface area contributed by atoms with E-state index < -0.39 is 23.9 Å². The Kier molecular flexibility index (Phi) is 17.5. The van der Waals surface area contributed by atoms with Crippen LogP contribution in [0.2, 0.25) is 7.87 Å². The molecule has 138 valence electrons. The fourth-order valence-corrected chi connectivity index (χ4v) is 4.94. The molecular formula is C16H22O8Sn. The van der Waals surface area contributed by atoms with Crippen LogP contribution in [0.3, 0.4) is 0 Å². The summed E-state index contributed by atoms with van der Waals surface area (Å²) in [6.45, 7) is 11.6. The number of carboxylic acid groups (broad SMARTS) is 4. The second kappa shape index (κ2) is 15.7. The minimum absolute atomic E-state index is 0.0389. The normalized spacial score (nSPS) is 11.0. The van der Waals surface area contributed by atoms with E-state index in [0.29, 0.717) is 12.2 Å². The van der Waals surface area contributed by atoms with Crippen LogP contribution in [0.25, 0.3) is 0 Å². The Hall–Kier alpha value is -1.84. The molecule has 8 nitrogen and oxygen atoms in total. The number of aliphatic carboxylic acids is 4. The molecule has 0 aromatic carbocycles. The van der Waals surface area contributed by atoms with Crippen LogP contribution in [0.5, 0.6) is 0 Å². The van der Waals surface area contributed by atoms with Crippen LogP contribution in [0.1, 0.15) is 41.5 Å². The molecule has 0 amide bonds. The third kappa shape index (κ3) is 27.3. The van der Waals surface area contributed by atoms with Gasteiger partial charge in [0.1, 0.15) is 0 Å². The second-order valence-corrected chi connectivity index (χ2v) is 12.9. The zero-order valence-corrected chi connectivity index (χ0v) is 17.9. The van der Waals surface area contributed by atoms with Gasteiger partial charge < -0.3 is 39.6 Å². The molecule has 0 saturated heterocycles. The van der Waals surface area contributed by atoms with Gasteiger partial charge in [0.25, 0.3) is 0 Å². The molecule has 0 aliphatic rings. The Morgan fingerprint density at radius 2 is 0.920 bits per heavy atom. The number of carboxylic acids is 4. The average molecular weight is 461 g/mol. The van der Waals surface area contributed by atoms with Gasteiger partial charge in [0.15, 0.2) is 0 Å². The Labute approximate surface area is 157 Å². The number of hydrogen-bond acceptors (Lipinski definition) is 8. The summed E-state index contributed by atoms with van der Waals surface area (Å²) < 4.78 is 2.09. The van der Waals surface area contributed by atoms with Crippen molar-refractivity contribution in [3.05, 3.63) is 23.3 Å². The van der Waals surface area contributed by atoms with E-state index in [2.05, 4.69) is 27.7 Å². The number of carbonyl (C=O) groups is 4. The molecule has 0 saturated carbocycles. The summed E-state index contributed by atoms with van der Waals surface area (Å²) in [5.74, 6) is -6.06. The van der Waals surface area contributed by atoms with E-state index in [9.17, 15) is 39.6 Å². The first kappa shape index (κ1) is 28.0. The van der Waals surface area contributed by atoms with Crippen molar-refractivity contribution in [1.29, 1.82) is 0 Å². The van der Waals surface area contributed by atoms with Crippen molar-refractivity contribution in [2.75, 3.05) is 0 Å². The summed E-state index contributed by atoms with van der Waals surface area (Å²) in [5.41, 5.74) is -0.704. The fraction of sp³-hybridized carbons (Fsp3) is 0.500. The van der Waals surface area contributed by atoms with Gasteiger partial charge in [-0.1, -0.05) is 0 Å². The van der Waals surface area contributed by atoms with E-state index >= 15 is 0 Å². The zero-order valence-electron chi connectivity index (χ0n) is 15.1. The Bertz CT molecular complexity index is 472. The first-order chi connectivity index (χ1) is 11.2. The van der Waals surface area contributed by atoms with Crippen molar-refractivity contribution >= 4 is 45.0 Å². The van der Waals surface area contributed by atoms with Crippen molar-refractivity contribution in [3.8, 4) is 0 Å². The standard InChI is InChI=1S/2C5H6O4.2C3H7.Sn/c2*1-3(5(8)9)2-4(6)7;2*1-3-2;/h2*2H,1H3,(H,6,7)(H,8,9);2*3H,1-2H3;/q;;;;+4/p-4/b2*3-2-;;;. The Morgan fingerprint density at radius 3 is 0.960 bits per heavy atom. The van der Waals surface area contributed by atoms with E-state index in [4.69, 9.17) is 0 Å². The number of hydrogen-bond donors (Lipinski definition) is 0. The predicted octanol–water partition coefficient (Wildman–Crippen LogP) is -2.79. The fourth-order valence-electron chi connectivity index (χ4n) is 1.14. The molecule has 0 heterocycles. The van der Waals surface area contributed by atoms with E-state index in [1.165, 1.54) is 0 Å². The molecule has 0 aromatic rings. The van der Waals surface area contributed by atoms with Crippen LogP contribution in [0, 0.1) is 0 Å². The van der Waals surface area contributed by atoms with E-state index in [-0.39, 0.29) is 32.3 Å². The molecule has 0 bridgehead atoms. The number of rotatable bonds is 6. The molecule has 0 aliphatic carbocycles. The predicted molar refractivity (Wildman–Crippen MR) is 83.5 cm³/mol. The second-order valence-electron chi connectivity index (χ2n) is 5.34. The topological polar surface area (TPSA) is 161 Å².